The number of β-amino-alcohol motifs (C(OH)–C–C–N with tert-alkyl or cyclic N) is 1. The van der Waals surface area contributed by atoms with Gasteiger partial charge < -0.3 is 14.8 Å². The Hall–Kier alpha value is -2.17. The minimum atomic E-state index is -0.514. The number of piperidine rings is 1. The Morgan fingerprint density at radius 2 is 1.54 bits per heavy atom. The Labute approximate surface area is 155 Å². The lowest BCUT2D eigenvalue weighted by Gasteiger charge is -2.31. The number of aliphatic hydroxyl groups is 1. The van der Waals surface area contributed by atoms with Crippen molar-refractivity contribution in [3.05, 3.63) is 59.7 Å². The zero-order chi connectivity index (χ0) is 17.9. The van der Waals surface area contributed by atoms with Crippen molar-refractivity contribution in [2.24, 2.45) is 11.1 Å². The maximum Gasteiger partial charge on any atom is 0.144 e. The molecular weight excluding hydrogens is 324 g/mol. The van der Waals surface area contributed by atoms with Gasteiger partial charge in [-0.3, -0.25) is 0 Å². The molecule has 1 aliphatic carbocycles. The number of benzene rings is 2. The lowest BCUT2D eigenvalue weighted by molar-refractivity contribution is 0.0134. The summed E-state index contributed by atoms with van der Waals surface area (Å²) in [5, 5.41) is 14.7. The Balaban J connectivity index is 1.41. The topological polar surface area (TPSA) is 45.1 Å². The minimum Gasteiger partial charge on any atom is -0.392 e. The van der Waals surface area contributed by atoms with E-state index in [0.717, 1.165) is 35.8 Å². The van der Waals surface area contributed by atoms with Gasteiger partial charge in [0, 0.05) is 17.7 Å². The number of hydrogen-bond acceptors (Lipinski definition) is 4. The van der Waals surface area contributed by atoms with Crippen LogP contribution in [0.25, 0.3) is 11.1 Å². The van der Waals surface area contributed by atoms with Crippen molar-refractivity contribution in [2.45, 2.75) is 25.9 Å². The van der Waals surface area contributed by atoms with Crippen molar-refractivity contribution >= 4 is 5.71 Å². The van der Waals surface area contributed by atoms with E-state index in [2.05, 4.69) is 41.2 Å². The van der Waals surface area contributed by atoms with Gasteiger partial charge in [0.2, 0.25) is 0 Å². The number of oxime groups is 1. The Kier molecular flexibility index (Phi) is 5.05. The molecule has 2 aromatic carbocycles. The standard InChI is InChI=1S/C22H26N2O2/c1-16-10-12-24(13-11-16)14-17(25)15-26-23-22-20-8-4-2-6-18(20)19-7-3-5-9-21(19)22/h2-9,16-17,25H,10-15H2,1H3/t17-/m1/s1. The molecule has 4 rings (SSSR count). The average molecular weight is 350 g/mol. The van der Waals surface area contributed by atoms with Crippen LogP contribution in [0.4, 0.5) is 0 Å². The highest BCUT2D eigenvalue weighted by Crippen LogP contribution is 2.36. The normalized spacial score (nSPS) is 18.3. The Morgan fingerprint density at radius 1 is 1.00 bits per heavy atom. The van der Waals surface area contributed by atoms with E-state index in [9.17, 15) is 5.11 Å². The number of likely N-dealkylation sites (tertiary alicyclic amines) is 1. The molecule has 26 heavy (non-hydrogen) atoms. The number of aliphatic hydroxyl groups excluding tert-OH is 1. The molecule has 4 nitrogen and oxygen atoms in total. The molecule has 1 heterocycles. The molecule has 0 aromatic heterocycles. The van der Waals surface area contributed by atoms with Crippen LogP contribution in [0.3, 0.4) is 0 Å². The van der Waals surface area contributed by atoms with Crippen molar-refractivity contribution < 1.29 is 9.94 Å². The van der Waals surface area contributed by atoms with Gasteiger partial charge in [0.25, 0.3) is 0 Å². The highest BCUT2D eigenvalue weighted by atomic mass is 16.6. The van der Waals surface area contributed by atoms with Crippen LogP contribution in [0.5, 0.6) is 0 Å². The van der Waals surface area contributed by atoms with Crippen molar-refractivity contribution in [3.63, 3.8) is 0 Å². The third kappa shape index (κ3) is 3.53. The molecule has 1 aliphatic heterocycles. The predicted molar refractivity (Wildman–Crippen MR) is 104 cm³/mol. The first-order valence-corrected chi connectivity index (χ1v) is 9.52. The van der Waals surface area contributed by atoms with Crippen LogP contribution in [-0.2, 0) is 4.84 Å². The van der Waals surface area contributed by atoms with Gasteiger partial charge in [0.05, 0.1) is 0 Å². The fraction of sp³-hybridized carbons (Fsp3) is 0.409. The van der Waals surface area contributed by atoms with Gasteiger partial charge in [-0.15, -0.1) is 0 Å². The second kappa shape index (κ2) is 7.60. The average Bonchev–Trinajstić information content (AvgIpc) is 2.98. The molecule has 0 amide bonds. The summed E-state index contributed by atoms with van der Waals surface area (Å²) < 4.78 is 0. The SMILES string of the molecule is CC1CCN(C[C@@H](O)CON=C2c3ccccc3-c3ccccc32)CC1. The monoisotopic (exact) mass is 350 g/mol. The second-order valence-electron chi connectivity index (χ2n) is 7.46. The van der Waals surface area contributed by atoms with Crippen LogP contribution in [0, 0.1) is 5.92 Å². The van der Waals surface area contributed by atoms with Crippen molar-refractivity contribution in [1.82, 2.24) is 4.90 Å². The van der Waals surface area contributed by atoms with Gasteiger partial charge in [-0.25, -0.2) is 0 Å². The van der Waals surface area contributed by atoms with Gasteiger partial charge in [-0.1, -0.05) is 60.6 Å². The van der Waals surface area contributed by atoms with Gasteiger partial charge in [-0.2, -0.15) is 0 Å². The molecule has 1 saturated heterocycles. The highest BCUT2D eigenvalue weighted by molar-refractivity contribution is 6.24. The third-order valence-electron chi connectivity index (χ3n) is 5.42. The predicted octanol–water partition coefficient (Wildman–Crippen LogP) is 3.53. The molecule has 1 N–H and O–H groups in total. The first-order valence-electron chi connectivity index (χ1n) is 9.52. The summed E-state index contributed by atoms with van der Waals surface area (Å²) in [6.07, 6.45) is 1.91. The molecule has 1 atom stereocenters. The smallest absolute Gasteiger partial charge is 0.144 e. The van der Waals surface area contributed by atoms with E-state index in [0.29, 0.717) is 6.54 Å². The maximum absolute atomic E-state index is 10.3. The summed E-state index contributed by atoms with van der Waals surface area (Å²) >= 11 is 0. The maximum atomic E-state index is 10.3. The number of rotatable bonds is 5. The molecule has 0 radical (unpaired) electrons. The molecule has 0 unspecified atom stereocenters. The summed E-state index contributed by atoms with van der Waals surface area (Å²) in [7, 11) is 0. The minimum absolute atomic E-state index is 0.222. The molecule has 0 spiro atoms. The van der Waals surface area contributed by atoms with Crippen molar-refractivity contribution in [1.29, 1.82) is 0 Å². The van der Waals surface area contributed by atoms with Crippen LogP contribution < -0.4 is 0 Å². The molecule has 136 valence electrons. The summed E-state index contributed by atoms with van der Waals surface area (Å²) in [5.74, 6) is 0.800. The summed E-state index contributed by atoms with van der Waals surface area (Å²) in [6, 6.07) is 16.5. The number of fused-ring (bicyclic) bond motifs is 3. The molecule has 2 aromatic rings. The zero-order valence-corrected chi connectivity index (χ0v) is 15.3. The first-order chi connectivity index (χ1) is 12.7. The van der Waals surface area contributed by atoms with E-state index in [1.807, 2.05) is 24.3 Å². The first kappa shape index (κ1) is 17.3. The van der Waals surface area contributed by atoms with E-state index in [-0.39, 0.29) is 6.61 Å². The van der Waals surface area contributed by atoms with Gasteiger partial charge in [-0.05, 0) is 43.0 Å². The van der Waals surface area contributed by atoms with E-state index < -0.39 is 6.10 Å². The van der Waals surface area contributed by atoms with E-state index in [4.69, 9.17) is 4.84 Å². The Morgan fingerprint density at radius 3 is 2.12 bits per heavy atom. The lowest BCUT2D eigenvalue weighted by atomic mass is 9.99. The van der Waals surface area contributed by atoms with Gasteiger partial charge in [0.1, 0.15) is 18.4 Å². The summed E-state index contributed by atoms with van der Waals surface area (Å²) in [4.78, 5) is 7.89. The van der Waals surface area contributed by atoms with Crippen molar-refractivity contribution in [2.75, 3.05) is 26.2 Å². The second-order valence-corrected chi connectivity index (χ2v) is 7.46. The quantitative estimate of drug-likeness (QED) is 0.716. The fourth-order valence-corrected chi connectivity index (χ4v) is 3.88. The zero-order valence-electron chi connectivity index (χ0n) is 15.3. The van der Waals surface area contributed by atoms with Crippen LogP contribution in [0.2, 0.25) is 0 Å². The van der Waals surface area contributed by atoms with E-state index in [1.54, 1.807) is 0 Å². The lowest BCUT2D eigenvalue weighted by Crippen LogP contribution is -2.39. The molecule has 1 fully saturated rings. The fourth-order valence-electron chi connectivity index (χ4n) is 3.88. The number of nitrogens with zero attached hydrogens (tertiary/aromatic N) is 2. The summed E-state index contributed by atoms with van der Waals surface area (Å²) in [5.41, 5.74) is 5.42. The highest BCUT2D eigenvalue weighted by Gasteiger charge is 2.25. The Bertz CT molecular complexity index is 747. The van der Waals surface area contributed by atoms with Crippen LogP contribution in [-0.4, -0.2) is 48.1 Å². The van der Waals surface area contributed by atoms with Gasteiger partial charge >= 0.3 is 0 Å². The van der Waals surface area contributed by atoms with E-state index >= 15 is 0 Å². The van der Waals surface area contributed by atoms with Crippen molar-refractivity contribution in [3.8, 4) is 11.1 Å². The summed E-state index contributed by atoms with van der Waals surface area (Å²) in [6.45, 7) is 5.30. The van der Waals surface area contributed by atoms with Crippen LogP contribution in [0.1, 0.15) is 30.9 Å². The largest absolute Gasteiger partial charge is 0.392 e. The van der Waals surface area contributed by atoms with Gasteiger partial charge in [0.15, 0.2) is 0 Å². The van der Waals surface area contributed by atoms with Crippen LogP contribution in [0.15, 0.2) is 53.7 Å². The number of hydrogen-bond donors (Lipinski definition) is 1. The molecule has 4 heteroatoms. The van der Waals surface area contributed by atoms with Crippen LogP contribution >= 0.6 is 0 Å². The molecule has 2 aliphatic rings. The third-order valence-corrected chi connectivity index (χ3v) is 5.42. The molecule has 0 bridgehead atoms. The molecular formula is C22H26N2O2. The van der Waals surface area contributed by atoms with E-state index in [1.165, 1.54) is 24.0 Å². The molecule has 0 saturated carbocycles.